The largest absolute Gasteiger partial charge is 0.385 e. The normalized spacial score (nSPS) is 10.6. The van der Waals surface area contributed by atoms with Crippen LogP contribution < -0.4 is 5.32 Å². The Morgan fingerprint density at radius 3 is 2.13 bits per heavy atom. The van der Waals surface area contributed by atoms with Crippen LogP contribution in [0.2, 0.25) is 0 Å². The van der Waals surface area contributed by atoms with Crippen molar-refractivity contribution in [2.45, 2.75) is 39.5 Å². The lowest BCUT2D eigenvalue weighted by Gasteiger charge is -2.16. The van der Waals surface area contributed by atoms with Gasteiger partial charge in [0.25, 0.3) is 0 Å². The summed E-state index contributed by atoms with van der Waals surface area (Å²) >= 11 is 0. The molecule has 0 bridgehead atoms. The zero-order chi connectivity index (χ0) is 10.9. The predicted octanol–water partition coefficient (Wildman–Crippen LogP) is 4.31. The summed E-state index contributed by atoms with van der Waals surface area (Å²) in [6, 6.07) is 10.5. The molecule has 15 heavy (non-hydrogen) atoms. The maximum absolute atomic E-state index is 3.51. The molecule has 0 fully saturated rings. The second-order valence-corrected chi connectivity index (χ2v) is 4.19. The van der Waals surface area contributed by atoms with E-state index in [1.165, 1.54) is 31.4 Å². The van der Waals surface area contributed by atoms with Gasteiger partial charge in [0.1, 0.15) is 0 Å². The van der Waals surface area contributed by atoms with E-state index in [2.05, 4.69) is 49.5 Å². The summed E-state index contributed by atoms with van der Waals surface area (Å²) in [6.45, 7) is 5.65. The molecule has 0 spiro atoms. The van der Waals surface area contributed by atoms with Crippen LogP contribution in [0.3, 0.4) is 0 Å². The van der Waals surface area contributed by atoms with Gasteiger partial charge in [-0.15, -0.1) is 0 Å². The van der Waals surface area contributed by atoms with Gasteiger partial charge in [0.05, 0.1) is 0 Å². The van der Waals surface area contributed by atoms with Crippen molar-refractivity contribution in [2.24, 2.45) is 5.92 Å². The highest BCUT2D eigenvalue weighted by molar-refractivity contribution is 5.42. The van der Waals surface area contributed by atoms with E-state index in [0.717, 1.165) is 12.5 Å². The molecule has 0 aliphatic carbocycles. The Labute approximate surface area is 93.9 Å². The Morgan fingerprint density at radius 2 is 1.60 bits per heavy atom. The number of hydrogen-bond donors (Lipinski definition) is 1. The molecule has 1 aromatic rings. The molecule has 0 amide bonds. The highest BCUT2D eigenvalue weighted by Crippen LogP contribution is 2.15. The Hall–Kier alpha value is -0.980. The molecular formula is C14H23N. The number of para-hydroxylation sites is 1. The molecule has 0 aliphatic heterocycles. The Morgan fingerprint density at radius 1 is 1.00 bits per heavy atom. The van der Waals surface area contributed by atoms with Gasteiger partial charge in [-0.2, -0.15) is 0 Å². The summed E-state index contributed by atoms with van der Waals surface area (Å²) in [5.41, 5.74) is 1.25. The van der Waals surface area contributed by atoms with Gasteiger partial charge in [0, 0.05) is 12.2 Å². The lowest BCUT2D eigenvalue weighted by molar-refractivity contribution is 0.461. The SMILES string of the molecule is CCCC(CCC)CNc1ccccc1. The molecule has 1 rings (SSSR count). The van der Waals surface area contributed by atoms with Crippen LogP contribution in [-0.4, -0.2) is 6.54 Å². The van der Waals surface area contributed by atoms with E-state index in [-0.39, 0.29) is 0 Å². The molecule has 0 unspecified atom stereocenters. The smallest absolute Gasteiger partial charge is 0.0340 e. The van der Waals surface area contributed by atoms with E-state index in [4.69, 9.17) is 0 Å². The van der Waals surface area contributed by atoms with Crippen LogP contribution in [0, 0.1) is 5.92 Å². The van der Waals surface area contributed by atoms with Gasteiger partial charge in [-0.3, -0.25) is 0 Å². The van der Waals surface area contributed by atoms with Gasteiger partial charge in [-0.1, -0.05) is 44.9 Å². The van der Waals surface area contributed by atoms with E-state index in [0.29, 0.717) is 0 Å². The fourth-order valence-electron chi connectivity index (χ4n) is 1.98. The van der Waals surface area contributed by atoms with Crippen LogP contribution in [0.25, 0.3) is 0 Å². The molecule has 84 valence electrons. The maximum Gasteiger partial charge on any atom is 0.0340 e. The third kappa shape index (κ3) is 4.87. The minimum absolute atomic E-state index is 0.834. The molecule has 0 heterocycles. The van der Waals surface area contributed by atoms with Crippen molar-refractivity contribution in [3.63, 3.8) is 0 Å². The summed E-state index contributed by atoms with van der Waals surface area (Å²) in [4.78, 5) is 0. The highest BCUT2D eigenvalue weighted by atomic mass is 14.9. The van der Waals surface area contributed by atoms with E-state index < -0.39 is 0 Å². The summed E-state index contributed by atoms with van der Waals surface area (Å²) in [5, 5.41) is 3.51. The summed E-state index contributed by atoms with van der Waals surface area (Å²) in [7, 11) is 0. The van der Waals surface area contributed by atoms with Crippen LogP contribution in [0.1, 0.15) is 39.5 Å². The predicted molar refractivity (Wildman–Crippen MR) is 68.2 cm³/mol. The molecule has 0 radical (unpaired) electrons. The zero-order valence-electron chi connectivity index (χ0n) is 10.00. The van der Waals surface area contributed by atoms with Crippen molar-refractivity contribution in [1.82, 2.24) is 0 Å². The van der Waals surface area contributed by atoms with E-state index in [1.54, 1.807) is 0 Å². The highest BCUT2D eigenvalue weighted by Gasteiger charge is 2.05. The average Bonchev–Trinajstić information content (AvgIpc) is 2.28. The van der Waals surface area contributed by atoms with Gasteiger partial charge < -0.3 is 5.32 Å². The van der Waals surface area contributed by atoms with Crippen LogP contribution in [0.15, 0.2) is 30.3 Å². The zero-order valence-corrected chi connectivity index (χ0v) is 10.00. The molecule has 1 nitrogen and oxygen atoms in total. The first-order valence-electron chi connectivity index (χ1n) is 6.15. The molecular weight excluding hydrogens is 182 g/mol. The first kappa shape index (κ1) is 12.1. The average molecular weight is 205 g/mol. The number of rotatable bonds is 7. The fraction of sp³-hybridized carbons (Fsp3) is 0.571. The summed E-state index contributed by atoms with van der Waals surface area (Å²) in [6.07, 6.45) is 5.27. The van der Waals surface area contributed by atoms with Gasteiger partial charge in [0.2, 0.25) is 0 Å². The number of benzene rings is 1. The molecule has 0 saturated carbocycles. The van der Waals surface area contributed by atoms with Crippen molar-refractivity contribution in [1.29, 1.82) is 0 Å². The lowest BCUT2D eigenvalue weighted by atomic mass is 9.98. The maximum atomic E-state index is 3.51. The Balaban J connectivity index is 2.33. The van der Waals surface area contributed by atoms with Crippen molar-refractivity contribution >= 4 is 5.69 Å². The van der Waals surface area contributed by atoms with Crippen LogP contribution >= 0.6 is 0 Å². The quantitative estimate of drug-likeness (QED) is 0.699. The third-order valence-corrected chi connectivity index (χ3v) is 2.76. The first-order chi connectivity index (χ1) is 7.36. The lowest BCUT2D eigenvalue weighted by Crippen LogP contribution is -2.13. The standard InChI is InChI=1S/C14H23N/c1-3-8-13(9-4-2)12-15-14-10-6-5-7-11-14/h5-7,10-11,13,15H,3-4,8-9,12H2,1-2H3. The molecule has 0 atom stereocenters. The number of hydrogen-bond acceptors (Lipinski definition) is 1. The second kappa shape index (κ2) is 7.33. The van der Waals surface area contributed by atoms with E-state index >= 15 is 0 Å². The minimum Gasteiger partial charge on any atom is -0.385 e. The van der Waals surface area contributed by atoms with Gasteiger partial charge in [0.15, 0.2) is 0 Å². The third-order valence-electron chi connectivity index (χ3n) is 2.76. The van der Waals surface area contributed by atoms with Crippen LogP contribution in [0.5, 0.6) is 0 Å². The van der Waals surface area contributed by atoms with Crippen LogP contribution in [-0.2, 0) is 0 Å². The topological polar surface area (TPSA) is 12.0 Å². The Kier molecular flexibility index (Phi) is 5.91. The molecule has 0 aliphatic rings. The summed E-state index contributed by atoms with van der Waals surface area (Å²) < 4.78 is 0. The molecule has 0 saturated heterocycles. The summed E-state index contributed by atoms with van der Waals surface area (Å²) in [5.74, 6) is 0.834. The second-order valence-electron chi connectivity index (χ2n) is 4.19. The number of nitrogens with one attached hydrogen (secondary N) is 1. The minimum atomic E-state index is 0.834. The van der Waals surface area contributed by atoms with Gasteiger partial charge >= 0.3 is 0 Å². The van der Waals surface area contributed by atoms with Crippen molar-refractivity contribution in [3.8, 4) is 0 Å². The first-order valence-corrected chi connectivity index (χ1v) is 6.15. The van der Waals surface area contributed by atoms with Crippen LogP contribution in [0.4, 0.5) is 5.69 Å². The van der Waals surface area contributed by atoms with Crippen molar-refractivity contribution < 1.29 is 0 Å². The van der Waals surface area contributed by atoms with E-state index in [1.807, 2.05) is 0 Å². The molecule has 1 N–H and O–H groups in total. The molecule has 1 aromatic carbocycles. The van der Waals surface area contributed by atoms with Gasteiger partial charge in [-0.05, 0) is 30.9 Å². The van der Waals surface area contributed by atoms with Crippen molar-refractivity contribution in [2.75, 3.05) is 11.9 Å². The Bertz CT molecular complexity index is 237. The number of anilines is 1. The van der Waals surface area contributed by atoms with Crippen molar-refractivity contribution in [3.05, 3.63) is 30.3 Å². The monoisotopic (exact) mass is 205 g/mol. The van der Waals surface area contributed by atoms with E-state index in [9.17, 15) is 0 Å². The molecule has 0 aromatic heterocycles. The van der Waals surface area contributed by atoms with Gasteiger partial charge in [-0.25, -0.2) is 0 Å². The molecule has 1 heteroatoms. The fourth-order valence-corrected chi connectivity index (χ4v) is 1.98.